The zero-order chi connectivity index (χ0) is 29.4. The summed E-state index contributed by atoms with van der Waals surface area (Å²) in [5, 5.41) is 31.9. The number of hydrogen-bond donors (Lipinski definition) is 3. The van der Waals surface area contributed by atoms with Gasteiger partial charge >= 0.3 is 0 Å². The third-order valence-electron chi connectivity index (χ3n) is 8.37. The number of phenols is 1. The summed E-state index contributed by atoms with van der Waals surface area (Å²) in [6.45, 7) is 2.90. The molecule has 11 heteroatoms. The van der Waals surface area contributed by atoms with E-state index in [4.69, 9.17) is 18.6 Å². The molecular weight excluding hydrogens is 534 g/mol. The van der Waals surface area contributed by atoms with Crippen LogP contribution in [0.4, 0.5) is 0 Å². The van der Waals surface area contributed by atoms with E-state index >= 15 is 0 Å². The minimum Gasteiger partial charge on any atom is -0.507 e. The van der Waals surface area contributed by atoms with Gasteiger partial charge in [0.05, 0.1) is 41.9 Å². The molecule has 2 aliphatic heterocycles. The maximum Gasteiger partial charge on any atom is 0.202 e. The third kappa shape index (κ3) is 4.23. The molecule has 2 fully saturated rings. The Balaban J connectivity index is 1.52. The number of ketones is 2. The lowest BCUT2D eigenvalue weighted by Crippen LogP contribution is -2.55. The van der Waals surface area contributed by atoms with Crippen molar-refractivity contribution in [3.8, 4) is 5.75 Å². The summed E-state index contributed by atoms with van der Waals surface area (Å²) in [5.74, 6) is -1.61. The van der Waals surface area contributed by atoms with Gasteiger partial charge in [0.15, 0.2) is 23.1 Å². The zero-order valence-corrected chi connectivity index (χ0v) is 23.0. The number of aliphatic hydroxyl groups is 2. The van der Waals surface area contributed by atoms with Gasteiger partial charge in [-0.05, 0) is 45.6 Å². The van der Waals surface area contributed by atoms with E-state index in [1.807, 2.05) is 19.0 Å². The number of hydrogen-bond acceptors (Lipinski definition) is 11. The third-order valence-corrected chi connectivity index (χ3v) is 8.37. The number of fused-ring (bicyclic) bond motifs is 4. The van der Waals surface area contributed by atoms with E-state index in [0.717, 1.165) is 0 Å². The summed E-state index contributed by atoms with van der Waals surface area (Å²) in [7, 11) is 3.66. The topological polar surface area (TPSA) is 159 Å². The molecule has 1 aliphatic carbocycles. The van der Waals surface area contributed by atoms with E-state index in [1.165, 1.54) is 30.3 Å². The van der Waals surface area contributed by atoms with Crippen LogP contribution < -0.4 is 5.43 Å². The summed E-state index contributed by atoms with van der Waals surface area (Å²) in [6, 6.07) is 6.62. The van der Waals surface area contributed by atoms with Gasteiger partial charge in [-0.3, -0.25) is 14.4 Å². The number of phenolic OH excluding ortho intramolecular Hbond substituents is 1. The lowest BCUT2D eigenvalue weighted by atomic mass is 9.81. The van der Waals surface area contributed by atoms with Crippen LogP contribution in [0, 0.1) is 6.92 Å². The monoisotopic (exact) mass is 565 g/mol. The van der Waals surface area contributed by atoms with Gasteiger partial charge in [0, 0.05) is 29.7 Å². The molecule has 3 heterocycles. The van der Waals surface area contributed by atoms with Gasteiger partial charge in [-0.25, -0.2) is 0 Å². The molecule has 41 heavy (non-hydrogen) atoms. The van der Waals surface area contributed by atoms with Crippen LogP contribution in [0.3, 0.4) is 0 Å². The highest BCUT2D eigenvalue weighted by Gasteiger charge is 2.54. The molecule has 0 saturated carbocycles. The summed E-state index contributed by atoms with van der Waals surface area (Å²) in [5.41, 5.74) is -2.13. The van der Waals surface area contributed by atoms with Crippen molar-refractivity contribution in [3.05, 3.63) is 74.1 Å². The molecule has 0 radical (unpaired) electrons. The predicted octanol–water partition coefficient (Wildman–Crippen LogP) is 1.61. The van der Waals surface area contributed by atoms with Crippen molar-refractivity contribution in [2.24, 2.45) is 0 Å². The van der Waals surface area contributed by atoms with Gasteiger partial charge < -0.3 is 38.8 Å². The molecule has 1 aromatic heterocycles. The van der Waals surface area contributed by atoms with Crippen LogP contribution in [-0.4, -0.2) is 89.7 Å². The molecule has 3 aromatic rings. The number of epoxide rings is 1. The van der Waals surface area contributed by atoms with Crippen molar-refractivity contribution in [2.75, 3.05) is 27.3 Å². The SMILES string of the molecule is Cc1cc2c(c3oc(C(CO)(OC4CC(N(C)C)C(O)C(C)O4)C4CO4)cc(=O)c13)C(=O)c1c(O)cccc1C2=O. The molecular formula is C30H31NO10. The van der Waals surface area contributed by atoms with Crippen molar-refractivity contribution in [2.45, 2.75) is 56.5 Å². The molecule has 3 N–H and O–H groups in total. The number of aryl methyl sites for hydroxylation is 1. The maximum atomic E-state index is 13.7. The fraction of sp³-hybridized carbons (Fsp3) is 0.433. The van der Waals surface area contributed by atoms with Gasteiger partial charge in [0.2, 0.25) is 5.78 Å². The van der Waals surface area contributed by atoms with E-state index in [-0.39, 0.29) is 63.8 Å². The van der Waals surface area contributed by atoms with E-state index in [0.29, 0.717) is 5.56 Å². The summed E-state index contributed by atoms with van der Waals surface area (Å²) >= 11 is 0. The van der Waals surface area contributed by atoms with Crippen LogP contribution in [0.1, 0.15) is 56.5 Å². The predicted molar refractivity (Wildman–Crippen MR) is 144 cm³/mol. The first-order chi connectivity index (χ1) is 19.5. The lowest BCUT2D eigenvalue weighted by molar-refractivity contribution is -0.288. The number of benzene rings is 2. The number of aromatic hydroxyl groups is 1. The number of ether oxygens (including phenoxy) is 3. The quantitative estimate of drug-likeness (QED) is 0.292. The van der Waals surface area contributed by atoms with Gasteiger partial charge in [-0.1, -0.05) is 12.1 Å². The summed E-state index contributed by atoms with van der Waals surface area (Å²) in [4.78, 5) is 42.6. The van der Waals surface area contributed by atoms with Crippen LogP contribution >= 0.6 is 0 Å². The van der Waals surface area contributed by atoms with Crippen molar-refractivity contribution in [3.63, 3.8) is 0 Å². The Kier molecular flexibility index (Phi) is 6.64. The second-order valence-corrected chi connectivity index (χ2v) is 11.2. The molecule has 0 bridgehead atoms. The minimum absolute atomic E-state index is 0.0452. The van der Waals surface area contributed by atoms with Crippen LogP contribution in [0.5, 0.6) is 5.75 Å². The molecule has 6 unspecified atom stereocenters. The fourth-order valence-corrected chi connectivity index (χ4v) is 6.06. The second-order valence-electron chi connectivity index (χ2n) is 11.2. The average molecular weight is 566 g/mol. The Bertz CT molecular complexity index is 1640. The van der Waals surface area contributed by atoms with Crippen LogP contribution in [-0.2, 0) is 19.8 Å². The summed E-state index contributed by atoms with van der Waals surface area (Å²) < 4.78 is 24.2. The molecule has 0 spiro atoms. The first kappa shape index (κ1) is 27.7. The second kappa shape index (κ2) is 9.83. The van der Waals surface area contributed by atoms with Gasteiger partial charge in [0.1, 0.15) is 23.2 Å². The highest BCUT2D eigenvalue weighted by atomic mass is 16.7. The molecule has 6 atom stereocenters. The van der Waals surface area contributed by atoms with Crippen LogP contribution in [0.15, 0.2) is 39.5 Å². The Hall–Kier alpha value is -3.45. The molecule has 3 aliphatic rings. The summed E-state index contributed by atoms with van der Waals surface area (Å²) in [6.07, 6.45) is -2.72. The van der Waals surface area contributed by atoms with Crippen LogP contribution in [0.2, 0.25) is 0 Å². The molecule has 11 nitrogen and oxygen atoms in total. The average Bonchev–Trinajstić information content (AvgIpc) is 3.77. The minimum atomic E-state index is -1.69. The normalized spacial score (nSPS) is 27.0. The van der Waals surface area contributed by atoms with Gasteiger partial charge in [-0.15, -0.1) is 0 Å². The number of rotatable bonds is 6. The number of carbonyl (C=O) groups excluding carboxylic acids is 2. The Morgan fingerprint density at radius 1 is 1.10 bits per heavy atom. The van der Waals surface area contributed by atoms with Crippen molar-refractivity contribution < 1.29 is 43.5 Å². The maximum absolute atomic E-state index is 13.7. The van der Waals surface area contributed by atoms with E-state index in [2.05, 4.69) is 0 Å². The molecule has 2 saturated heterocycles. The molecule has 6 rings (SSSR count). The number of nitrogens with zero attached hydrogens (tertiary/aromatic N) is 1. The van der Waals surface area contributed by atoms with E-state index < -0.39 is 53.8 Å². The van der Waals surface area contributed by atoms with E-state index in [1.54, 1.807) is 13.8 Å². The van der Waals surface area contributed by atoms with Gasteiger partial charge in [0.25, 0.3) is 0 Å². The number of carbonyl (C=O) groups is 2. The lowest BCUT2D eigenvalue weighted by Gasteiger charge is -2.43. The highest BCUT2D eigenvalue weighted by molar-refractivity contribution is 6.32. The van der Waals surface area contributed by atoms with Crippen LogP contribution in [0.25, 0.3) is 11.0 Å². The number of aliphatic hydroxyl groups excluding tert-OH is 2. The largest absolute Gasteiger partial charge is 0.507 e. The Morgan fingerprint density at radius 2 is 1.83 bits per heavy atom. The standard InChI is InChI=1S/C30H31NO10/c1-13-8-16-25(28(37)24-15(27(16)36)6-5-7-18(24)33)29-23(13)19(34)10-20(40-29)30(12-32,21-11-38-21)41-22-9-17(31(3)4)26(35)14(2)39-22/h5-8,10,14,17,21-22,26,32-33,35H,9,11-12H2,1-4H3. The molecule has 2 aromatic carbocycles. The molecule has 0 amide bonds. The number of likely N-dealkylation sites (N-methyl/N-ethyl adjacent to an activating group) is 1. The van der Waals surface area contributed by atoms with E-state index in [9.17, 15) is 29.7 Å². The van der Waals surface area contributed by atoms with Gasteiger partial charge in [-0.2, -0.15) is 0 Å². The Morgan fingerprint density at radius 3 is 2.49 bits per heavy atom. The smallest absolute Gasteiger partial charge is 0.202 e. The fourth-order valence-electron chi connectivity index (χ4n) is 6.06. The zero-order valence-electron chi connectivity index (χ0n) is 23.0. The first-order valence-corrected chi connectivity index (χ1v) is 13.4. The molecule has 216 valence electrons. The Labute approximate surface area is 234 Å². The first-order valence-electron chi connectivity index (χ1n) is 13.4. The van der Waals surface area contributed by atoms with Crippen molar-refractivity contribution >= 4 is 22.5 Å². The van der Waals surface area contributed by atoms with Crippen molar-refractivity contribution in [1.29, 1.82) is 0 Å². The highest BCUT2D eigenvalue weighted by Crippen LogP contribution is 2.43. The van der Waals surface area contributed by atoms with Crippen molar-refractivity contribution in [1.82, 2.24) is 4.90 Å².